The minimum absolute atomic E-state index is 0.196. The summed E-state index contributed by atoms with van der Waals surface area (Å²) in [6.07, 6.45) is 0. The van der Waals surface area contributed by atoms with Gasteiger partial charge in [-0.3, -0.25) is 4.55 Å². The molecule has 0 amide bonds. The number of thiol groups is 1. The van der Waals surface area contributed by atoms with Crippen molar-refractivity contribution in [2.24, 2.45) is 0 Å². The Kier molecular flexibility index (Phi) is 2.57. The van der Waals surface area contributed by atoms with Crippen LogP contribution >= 0.6 is 12.6 Å². The summed E-state index contributed by atoms with van der Waals surface area (Å²) in [7, 11) is -4.31. The summed E-state index contributed by atoms with van der Waals surface area (Å²) >= 11 is 4.11. The molecular weight excluding hydrogens is 248 g/mol. The van der Waals surface area contributed by atoms with Gasteiger partial charge in [-0.05, 0) is 29.7 Å². The fraction of sp³-hybridized carbons (Fsp3) is 0. The standard InChI is InChI=1S/C10H8O4S2/c11-10-5-8(16(12,13)14)4-6-3-7(15)1-2-9(6)10/h1-5,11,15H,(H,12,13,14). The van der Waals surface area contributed by atoms with Crippen LogP contribution in [-0.2, 0) is 10.1 Å². The van der Waals surface area contributed by atoms with E-state index >= 15 is 0 Å². The van der Waals surface area contributed by atoms with E-state index in [1.165, 1.54) is 6.07 Å². The molecule has 0 saturated carbocycles. The fourth-order valence-corrected chi connectivity index (χ4v) is 2.21. The fourth-order valence-electron chi connectivity index (χ4n) is 1.46. The first-order valence-corrected chi connectivity index (χ1v) is 6.20. The average Bonchev–Trinajstić information content (AvgIpc) is 2.15. The number of benzene rings is 2. The smallest absolute Gasteiger partial charge is 0.294 e. The second-order valence-electron chi connectivity index (χ2n) is 3.32. The minimum atomic E-state index is -4.31. The predicted octanol–water partition coefficient (Wildman–Crippen LogP) is 2.08. The van der Waals surface area contributed by atoms with Crippen molar-refractivity contribution in [1.82, 2.24) is 0 Å². The normalized spacial score (nSPS) is 11.9. The Bertz CT molecular complexity index is 662. The second-order valence-corrected chi connectivity index (χ2v) is 5.26. The summed E-state index contributed by atoms with van der Waals surface area (Å²) in [6, 6.07) is 7.20. The Hall–Kier alpha value is -1.24. The van der Waals surface area contributed by atoms with Crippen molar-refractivity contribution in [1.29, 1.82) is 0 Å². The van der Waals surface area contributed by atoms with Crippen LogP contribution in [0.15, 0.2) is 40.1 Å². The summed E-state index contributed by atoms with van der Waals surface area (Å²) < 4.78 is 30.8. The topological polar surface area (TPSA) is 74.6 Å². The van der Waals surface area contributed by atoms with E-state index in [0.29, 0.717) is 15.7 Å². The number of rotatable bonds is 1. The molecule has 0 heterocycles. The lowest BCUT2D eigenvalue weighted by atomic mass is 10.1. The van der Waals surface area contributed by atoms with Gasteiger partial charge in [-0.2, -0.15) is 8.42 Å². The zero-order chi connectivity index (χ0) is 11.9. The molecule has 0 unspecified atom stereocenters. The molecule has 0 aromatic heterocycles. The molecule has 2 aromatic rings. The Morgan fingerprint density at radius 1 is 1.12 bits per heavy atom. The van der Waals surface area contributed by atoms with Crippen molar-refractivity contribution in [3.05, 3.63) is 30.3 Å². The van der Waals surface area contributed by atoms with E-state index in [4.69, 9.17) is 4.55 Å². The molecule has 0 aliphatic rings. The largest absolute Gasteiger partial charge is 0.507 e. The van der Waals surface area contributed by atoms with Crippen LogP contribution in [0, 0.1) is 0 Å². The van der Waals surface area contributed by atoms with Crippen molar-refractivity contribution < 1.29 is 18.1 Å². The van der Waals surface area contributed by atoms with Crippen LogP contribution in [0.2, 0.25) is 0 Å². The molecule has 0 saturated heterocycles. The molecule has 0 spiro atoms. The summed E-state index contributed by atoms with van der Waals surface area (Å²) in [4.78, 5) is 0.302. The maximum Gasteiger partial charge on any atom is 0.294 e. The highest BCUT2D eigenvalue weighted by Gasteiger charge is 2.13. The molecule has 2 aromatic carbocycles. The van der Waals surface area contributed by atoms with Crippen LogP contribution in [0.4, 0.5) is 0 Å². The maximum atomic E-state index is 10.9. The SMILES string of the molecule is O=S(=O)(O)c1cc(O)c2ccc(S)cc2c1. The van der Waals surface area contributed by atoms with Gasteiger partial charge in [0.25, 0.3) is 10.1 Å². The van der Waals surface area contributed by atoms with Crippen molar-refractivity contribution in [2.75, 3.05) is 0 Å². The third-order valence-corrected chi connectivity index (χ3v) is 3.30. The molecular formula is C10H8O4S2. The van der Waals surface area contributed by atoms with E-state index in [9.17, 15) is 13.5 Å². The van der Waals surface area contributed by atoms with Gasteiger partial charge in [0.2, 0.25) is 0 Å². The number of phenols is 1. The van der Waals surface area contributed by atoms with E-state index in [-0.39, 0.29) is 10.6 Å². The van der Waals surface area contributed by atoms with E-state index in [1.54, 1.807) is 18.2 Å². The molecule has 84 valence electrons. The molecule has 16 heavy (non-hydrogen) atoms. The molecule has 0 fully saturated rings. The Morgan fingerprint density at radius 3 is 2.44 bits per heavy atom. The molecule has 0 bridgehead atoms. The van der Waals surface area contributed by atoms with Gasteiger partial charge >= 0.3 is 0 Å². The van der Waals surface area contributed by atoms with Crippen LogP contribution < -0.4 is 0 Å². The first-order valence-electron chi connectivity index (χ1n) is 4.31. The van der Waals surface area contributed by atoms with Gasteiger partial charge < -0.3 is 5.11 Å². The highest BCUT2D eigenvalue weighted by Crippen LogP contribution is 2.29. The average molecular weight is 256 g/mol. The van der Waals surface area contributed by atoms with Gasteiger partial charge in [-0.1, -0.05) is 0 Å². The lowest BCUT2D eigenvalue weighted by Gasteiger charge is -2.04. The molecule has 0 aliphatic heterocycles. The van der Waals surface area contributed by atoms with Gasteiger partial charge in [0.15, 0.2) is 0 Å². The minimum Gasteiger partial charge on any atom is -0.507 e. The van der Waals surface area contributed by atoms with Crippen molar-refractivity contribution in [2.45, 2.75) is 9.79 Å². The van der Waals surface area contributed by atoms with Gasteiger partial charge in [-0.25, -0.2) is 0 Å². The van der Waals surface area contributed by atoms with E-state index < -0.39 is 10.1 Å². The molecule has 0 atom stereocenters. The van der Waals surface area contributed by atoms with Crippen LogP contribution in [-0.4, -0.2) is 18.1 Å². The van der Waals surface area contributed by atoms with E-state index in [0.717, 1.165) is 6.07 Å². The molecule has 0 radical (unpaired) electrons. The predicted molar refractivity (Wildman–Crippen MR) is 62.7 cm³/mol. The van der Waals surface area contributed by atoms with Crippen LogP contribution in [0.3, 0.4) is 0 Å². The highest BCUT2D eigenvalue weighted by molar-refractivity contribution is 7.85. The van der Waals surface area contributed by atoms with Crippen molar-refractivity contribution >= 4 is 33.5 Å². The van der Waals surface area contributed by atoms with E-state index in [1.807, 2.05) is 0 Å². The number of aromatic hydroxyl groups is 1. The van der Waals surface area contributed by atoms with Gasteiger partial charge in [-0.15, -0.1) is 12.6 Å². The monoisotopic (exact) mass is 256 g/mol. The van der Waals surface area contributed by atoms with Gasteiger partial charge in [0.05, 0.1) is 4.90 Å². The molecule has 6 heteroatoms. The summed E-state index contributed by atoms with van der Waals surface area (Å²) in [5, 5.41) is 10.6. The molecule has 4 nitrogen and oxygen atoms in total. The number of hydrogen-bond donors (Lipinski definition) is 3. The van der Waals surface area contributed by atoms with Crippen molar-refractivity contribution in [3.8, 4) is 5.75 Å². The first kappa shape index (κ1) is 11.3. The maximum absolute atomic E-state index is 10.9. The van der Waals surface area contributed by atoms with Gasteiger partial charge in [0, 0.05) is 16.3 Å². The third-order valence-electron chi connectivity index (χ3n) is 2.19. The Morgan fingerprint density at radius 2 is 1.81 bits per heavy atom. The highest BCUT2D eigenvalue weighted by atomic mass is 32.2. The van der Waals surface area contributed by atoms with Crippen LogP contribution in [0.1, 0.15) is 0 Å². The number of fused-ring (bicyclic) bond motifs is 1. The lowest BCUT2D eigenvalue weighted by Crippen LogP contribution is -1.97. The Balaban J connectivity index is 2.85. The molecule has 2 rings (SSSR count). The summed E-state index contributed by atoms with van der Waals surface area (Å²) in [5.41, 5.74) is 0. The van der Waals surface area contributed by atoms with Crippen LogP contribution in [0.5, 0.6) is 5.75 Å². The molecule has 0 aliphatic carbocycles. The first-order chi connectivity index (χ1) is 7.38. The summed E-state index contributed by atoms with van der Waals surface area (Å²) in [6.45, 7) is 0. The quantitative estimate of drug-likeness (QED) is 0.539. The molecule has 2 N–H and O–H groups in total. The van der Waals surface area contributed by atoms with E-state index in [2.05, 4.69) is 12.6 Å². The number of phenolic OH excluding ortho intramolecular Hbond substituents is 1. The van der Waals surface area contributed by atoms with Crippen molar-refractivity contribution in [3.63, 3.8) is 0 Å². The zero-order valence-electron chi connectivity index (χ0n) is 7.95. The zero-order valence-corrected chi connectivity index (χ0v) is 9.66. The third kappa shape index (κ3) is 1.99. The lowest BCUT2D eigenvalue weighted by molar-refractivity contribution is 0.471. The summed E-state index contributed by atoms with van der Waals surface area (Å²) in [5.74, 6) is -0.196. The second kappa shape index (κ2) is 3.65. The van der Waals surface area contributed by atoms with Crippen LogP contribution in [0.25, 0.3) is 10.8 Å². The number of hydrogen-bond acceptors (Lipinski definition) is 4. The van der Waals surface area contributed by atoms with Gasteiger partial charge in [0.1, 0.15) is 5.75 Å². The Labute approximate surface area is 97.7 Å².